The third kappa shape index (κ3) is 4.72. The van der Waals surface area contributed by atoms with Crippen LogP contribution in [0.5, 0.6) is 17.2 Å². The van der Waals surface area contributed by atoms with E-state index < -0.39 is 0 Å². The van der Waals surface area contributed by atoms with Gasteiger partial charge < -0.3 is 19.5 Å². The molecule has 0 unspecified atom stereocenters. The molecule has 35 heavy (non-hydrogen) atoms. The maximum atomic E-state index is 12.8. The van der Waals surface area contributed by atoms with Crippen molar-refractivity contribution >= 4 is 34.5 Å². The lowest BCUT2D eigenvalue weighted by atomic mass is 9.89. The van der Waals surface area contributed by atoms with Crippen molar-refractivity contribution < 1.29 is 19.0 Å². The molecule has 1 aromatic heterocycles. The second-order valence-electron chi connectivity index (χ2n) is 8.22. The van der Waals surface area contributed by atoms with E-state index in [2.05, 4.69) is 10.7 Å². The first-order valence-corrected chi connectivity index (χ1v) is 12.4. The van der Waals surface area contributed by atoms with E-state index in [0.29, 0.717) is 29.5 Å². The van der Waals surface area contributed by atoms with E-state index in [9.17, 15) is 4.79 Å². The van der Waals surface area contributed by atoms with Crippen LogP contribution in [0.3, 0.4) is 0 Å². The molecule has 178 valence electrons. The molecule has 0 radical (unpaired) electrons. The molecule has 1 atom stereocenters. The Morgan fingerprint density at radius 3 is 2.63 bits per heavy atom. The number of thiophene rings is 1. The number of fused-ring (bicyclic) bond motifs is 1. The first kappa shape index (κ1) is 23.3. The van der Waals surface area contributed by atoms with E-state index in [-0.39, 0.29) is 11.8 Å². The van der Waals surface area contributed by atoms with Crippen LogP contribution in [0.15, 0.2) is 72.1 Å². The lowest BCUT2D eigenvalue weighted by Crippen LogP contribution is -2.22. The number of ether oxygens (including phenoxy) is 3. The minimum Gasteiger partial charge on any atom is -0.493 e. The van der Waals surface area contributed by atoms with Gasteiger partial charge in [-0.05, 0) is 41.5 Å². The normalized spacial score (nSPS) is 14.7. The number of rotatable bonds is 7. The first-order valence-electron chi connectivity index (χ1n) is 11.2. The van der Waals surface area contributed by atoms with Crippen LogP contribution in [0.25, 0.3) is 11.1 Å². The van der Waals surface area contributed by atoms with Crippen LogP contribution in [0.1, 0.15) is 28.3 Å². The first-order chi connectivity index (χ1) is 17.1. The standard InChI is InChI=1S/C28H24ClNO4S/c1-32-24-11-10-18(13-25(24)33-2)22-16-35-28-21(14-26(31)30-27(22)28)17-7-5-8-20(12-17)34-15-19-6-3-4-9-23(19)29/h3-13,16,21H,14-15H2,1-2H3,(H,30,31)/t21-/m1/s1. The van der Waals surface area contributed by atoms with Crippen LogP contribution in [-0.4, -0.2) is 20.1 Å². The predicted octanol–water partition coefficient (Wildman–Crippen LogP) is 7.14. The molecule has 0 fully saturated rings. The zero-order chi connectivity index (χ0) is 24.4. The highest BCUT2D eigenvalue weighted by Gasteiger charge is 2.31. The third-order valence-corrected chi connectivity index (χ3v) is 7.56. The van der Waals surface area contributed by atoms with Crippen molar-refractivity contribution in [2.75, 3.05) is 19.5 Å². The van der Waals surface area contributed by atoms with E-state index in [1.165, 1.54) is 0 Å². The fraction of sp³-hybridized carbons (Fsp3) is 0.179. The summed E-state index contributed by atoms with van der Waals surface area (Å²) in [7, 11) is 3.23. The summed E-state index contributed by atoms with van der Waals surface area (Å²) < 4.78 is 16.9. The number of anilines is 1. The van der Waals surface area contributed by atoms with Crippen molar-refractivity contribution in [2.24, 2.45) is 0 Å². The molecule has 0 bridgehead atoms. The largest absolute Gasteiger partial charge is 0.493 e. The summed E-state index contributed by atoms with van der Waals surface area (Å²) in [6.45, 7) is 0.377. The number of hydrogen-bond acceptors (Lipinski definition) is 5. The molecule has 0 spiro atoms. The number of nitrogens with one attached hydrogen (secondary N) is 1. The maximum absolute atomic E-state index is 12.8. The highest BCUT2D eigenvalue weighted by molar-refractivity contribution is 7.11. The van der Waals surface area contributed by atoms with Gasteiger partial charge in [0.2, 0.25) is 5.91 Å². The van der Waals surface area contributed by atoms with Gasteiger partial charge in [-0.25, -0.2) is 0 Å². The molecule has 0 aliphatic carbocycles. The topological polar surface area (TPSA) is 56.8 Å². The van der Waals surface area contributed by atoms with E-state index in [0.717, 1.165) is 38.6 Å². The van der Waals surface area contributed by atoms with Gasteiger partial charge in [-0.3, -0.25) is 4.79 Å². The Balaban J connectivity index is 1.45. The Kier molecular flexibility index (Phi) is 6.66. The zero-order valence-electron chi connectivity index (χ0n) is 19.3. The van der Waals surface area contributed by atoms with Gasteiger partial charge in [0.1, 0.15) is 12.4 Å². The minimum absolute atomic E-state index is 0.00924. The number of carbonyl (C=O) groups excluding carboxylic acids is 1. The van der Waals surface area contributed by atoms with Crippen molar-refractivity contribution in [3.05, 3.63) is 93.1 Å². The van der Waals surface area contributed by atoms with Gasteiger partial charge in [0.05, 0.1) is 19.9 Å². The van der Waals surface area contributed by atoms with Gasteiger partial charge in [0, 0.05) is 38.7 Å². The summed E-state index contributed by atoms with van der Waals surface area (Å²) in [5.74, 6) is 1.99. The number of methoxy groups -OCH3 is 2. The van der Waals surface area contributed by atoms with Crippen molar-refractivity contribution in [3.63, 3.8) is 0 Å². The molecular formula is C28H24ClNO4S. The second-order valence-corrected chi connectivity index (χ2v) is 9.53. The average molecular weight is 506 g/mol. The molecule has 1 amide bonds. The summed E-state index contributed by atoms with van der Waals surface area (Å²) in [5.41, 5.74) is 4.74. The summed E-state index contributed by atoms with van der Waals surface area (Å²) >= 11 is 7.91. The van der Waals surface area contributed by atoms with E-state index in [4.69, 9.17) is 25.8 Å². The Labute approximate surface area is 213 Å². The van der Waals surface area contributed by atoms with Crippen LogP contribution in [0.2, 0.25) is 5.02 Å². The lowest BCUT2D eigenvalue weighted by molar-refractivity contribution is -0.116. The molecule has 5 rings (SSSR count). The highest BCUT2D eigenvalue weighted by Crippen LogP contribution is 2.48. The zero-order valence-corrected chi connectivity index (χ0v) is 20.9. The number of halogens is 1. The number of amides is 1. The SMILES string of the molecule is COc1ccc(-c2csc3c2NC(=O)C[C@@H]3c2cccc(OCc3ccccc3Cl)c2)cc1OC. The van der Waals surface area contributed by atoms with Gasteiger partial charge in [-0.2, -0.15) is 0 Å². The molecule has 7 heteroatoms. The van der Waals surface area contributed by atoms with Crippen molar-refractivity contribution in [1.29, 1.82) is 0 Å². The fourth-order valence-corrected chi connectivity index (χ4v) is 5.66. The van der Waals surface area contributed by atoms with Crippen molar-refractivity contribution in [2.45, 2.75) is 18.9 Å². The molecule has 1 aliphatic rings. The smallest absolute Gasteiger partial charge is 0.225 e. The van der Waals surface area contributed by atoms with E-state index in [1.54, 1.807) is 25.6 Å². The summed E-state index contributed by atoms with van der Waals surface area (Å²) in [6.07, 6.45) is 0.382. The quantitative estimate of drug-likeness (QED) is 0.290. The van der Waals surface area contributed by atoms with Gasteiger partial charge in [-0.1, -0.05) is 48.0 Å². The van der Waals surface area contributed by atoms with Crippen LogP contribution < -0.4 is 19.5 Å². The molecule has 1 aliphatic heterocycles. The molecule has 1 N–H and O–H groups in total. The second kappa shape index (κ2) is 10.0. The molecule has 2 heterocycles. The number of carbonyl (C=O) groups is 1. The third-order valence-electron chi connectivity index (χ3n) is 6.10. The molecule has 4 aromatic rings. The van der Waals surface area contributed by atoms with Crippen molar-refractivity contribution in [1.82, 2.24) is 0 Å². The lowest BCUT2D eigenvalue weighted by Gasteiger charge is -2.24. The number of benzene rings is 3. The predicted molar refractivity (Wildman–Crippen MR) is 140 cm³/mol. The molecular weight excluding hydrogens is 482 g/mol. The van der Waals surface area contributed by atoms with Gasteiger partial charge >= 0.3 is 0 Å². The molecule has 5 nitrogen and oxygen atoms in total. The molecule has 0 saturated heterocycles. The van der Waals surface area contributed by atoms with Crippen molar-refractivity contribution in [3.8, 4) is 28.4 Å². The van der Waals surface area contributed by atoms with Crippen LogP contribution >= 0.6 is 22.9 Å². The fourth-order valence-electron chi connectivity index (χ4n) is 4.31. The number of hydrogen-bond donors (Lipinski definition) is 1. The Hall–Kier alpha value is -3.48. The van der Waals surface area contributed by atoms with Gasteiger partial charge in [0.15, 0.2) is 11.5 Å². The van der Waals surface area contributed by atoms with Crippen LogP contribution in [-0.2, 0) is 11.4 Å². The maximum Gasteiger partial charge on any atom is 0.225 e. The minimum atomic E-state index is -0.0542. The van der Waals surface area contributed by atoms with Crippen LogP contribution in [0.4, 0.5) is 5.69 Å². The Morgan fingerprint density at radius 1 is 1.00 bits per heavy atom. The van der Waals surface area contributed by atoms with Gasteiger partial charge in [0.25, 0.3) is 0 Å². The monoisotopic (exact) mass is 505 g/mol. The summed E-state index contributed by atoms with van der Waals surface area (Å²) in [4.78, 5) is 13.9. The van der Waals surface area contributed by atoms with E-state index >= 15 is 0 Å². The van der Waals surface area contributed by atoms with Gasteiger partial charge in [-0.15, -0.1) is 11.3 Å². The van der Waals surface area contributed by atoms with Crippen LogP contribution in [0, 0.1) is 0 Å². The molecule has 0 saturated carbocycles. The Bertz CT molecular complexity index is 1380. The Morgan fingerprint density at radius 2 is 1.83 bits per heavy atom. The summed E-state index contributed by atoms with van der Waals surface area (Å²) in [5, 5.41) is 5.86. The summed E-state index contributed by atoms with van der Waals surface area (Å²) in [6, 6.07) is 21.4. The molecule has 3 aromatic carbocycles. The van der Waals surface area contributed by atoms with E-state index in [1.807, 2.05) is 66.7 Å². The highest BCUT2D eigenvalue weighted by atomic mass is 35.5. The average Bonchev–Trinajstić information content (AvgIpc) is 3.31.